The first-order chi connectivity index (χ1) is 9.85. The number of halogens is 1. The van der Waals surface area contributed by atoms with Gasteiger partial charge in [-0.1, -0.05) is 25.4 Å². The Bertz CT molecular complexity index is 488. The first-order valence-electron chi connectivity index (χ1n) is 6.82. The predicted octanol–water partition coefficient (Wildman–Crippen LogP) is 1.59. The van der Waals surface area contributed by atoms with E-state index in [0.717, 1.165) is 0 Å². The van der Waals surface area contributed by atoms with Crippen LogP contribution in [0.2, 0.25) is 5.02 Å². The largest absolute Gasteiger partial charge is 0.394 e. The number of carbonyl (C=O) groups is 2. The number of hydrogen-bond donors (Lipinski definition) is 3. The molecule has 0 heterocycles. The second-order valence-corrected chi connectivity index (χ2v) is 5.73. The fourth-order valence-electron chi connectivity index (χ4n) is 1.74. The van der Waals surface area contributed by atoms with Crippen molar-refractivity contribution in [2.45, 2.75) is 32.9 Å². The number of amides is 2. The number of rotatable bonds is 6. The van der Waals surface area contributed by atoms with Gasteiger partial charge in [-0.15, -0.1) is 0 Å². The van der Waals surface area contributed by atoms with Gasteiger partial charge in [0.05, 0.1) is 6.61 Å². The van der Waals surface area contributed by atoms with Gasteiger partial charge >= 0.3 is 0 Å². The van der Waals surface area contributed by atoms with Crippen LogP contribution in [-0.2, 0) is 4.79 Å². The minimum atomic E-state index is -0.665. The number of hydrogen-bond acceptors (Lipinski definition) is 3. The Hall–Kier alpha value is -1.59. The lowest BCUT2D eigenvalue weighted by Gasteiger charge is -2.23. The number of aliphatic hydroxyl groups is 1. The molecule has 2 unspecified atom stereocenters. The van der Waals surface area contributed by atoms with Gasteiger partial charge in [-0.05, 0) is 37.1 Å². The van der Waals surface area contributed by atoms with Crippen LogP contribution in [0.1, 0.15) is 31.1 Å². The van der Waals surface area contributed by atoms with E-state index in [1.807, 2.05) is 13.8 Å². The molecule has 0 aliphatic carbocycles. The van der Waals surface area contributed by atoms with Gasteiger partial charge in [-0.25, -0.2) is 0 Å². The maximum Gasteiger partial charge on any atom is 0.251 e. The first kappa shape index (κ1) is 17.5. The number of carbonyl (C=O) groups excluding carboxylic acids is 2. The number of nitrogens with one attached hydrogen (secondary N) is 2. The van der Waals surface area contributed by atoms with E-state index >= 15 is 0 Å². The maximum absolute atomic E-state index is 12.1. The van der Waals surface area contributed by atoms with Gasteiger partial charge < -0.3 is 15.7 Å². The second-order valence-electron chi connectivity index (χ2n) is 5.29. The summed E-state index contributed by atoms with van der Waals surface area (Å²) in [5.74, 6) is -0.724. The van der Waals surface area contributed by atoms with Crippen molar-refractivity contribution in [1.29, 1.82) is 0 Å². The van der Waals surface area contributed by atoms with E-state index in [4.69, 9.17) is 16.7 Å². The van der Waals surface area contributed by atoms with Gasteiger partial charge in [0.2, 0.25) is 5.91 Å². The SMILES string of the molecule is CC(CO)NC(=O)C(NC(=O)c1ccc(Cl)cc1)C(C)C. The summed E-state index contributed by atoms with van der Waals surface area (Å²) in [7, 11) is 0. The van der Waals surface area contributed by atoms with Crippen LogP contribution in [0.25, 0.3) is 0 Å². The summed E-state index contributed by atoms with van der Waals surface area (Å²) in [5.41, 5.74) is 0.438. The van der Waals surface area contributed by atoms with Crippen molar-refractivity contribution in [2.75, 3.05) is 6.61 Å². The minimum absolute atomic E-state index is 0.0767. The van der Waals surface area contributed by atoms with E-state index in [2.05, 4.69) is 10.6 Å². The van der Waals surface area contributed by atoms with Crippen molar-refractivity contribution in [3.63, 3.8) is 0 Å². The summed E-state index contributed by atoms with van der Waals surface area (Å²) >= 11 is 5.78. The molecule has 0 fully saturated rings. The monoisotopic (exact) mass is 312 g/mol. The van der Waals surface area contributed by atoms with E-state index in [1.54, 1.807) is 31.2 Å². The molecule has 116 valence electrons. The minimum Gasteiger partial charge on any atom is -0.394 e. The molecule has 0 spiro atoms. The zero-order valence-electron chi connectivity index (χ0n) is 12.4. The molecule has 0 radical (unpaired) electrons. The molecule has 2 atom stereocenters. The Morgan fingerprint density at radius 3 is 2.19 bits per heavy atom. The Balaban J connectivity index is 2.76. The molecule has 1 aromatic rings. The maximum atomic E-state index is 12.1. The highest BCUT2D eigenvalue weighted by atomic mass is 35.5. The smallest absolute Gasteiger partial charge is 0.251 e. The molecule has 3 N–H and O–H groups in total. The molecule has 21 heavy (non-hydrogen) atoms. The molecule has 0 aliphatic rings. The van der Waals surface area contributed by atoms with Crippen LogP contribution in [0, 0.1) is 5.92 Å². The van der Waals surface area contributed by atoms with Crippen LogP contribution in [0.4, 0.5) is 0 Å². The van der Waals surface area contributed by atoms with Crippen molar-refractivity contribution < 1.29 is 14.7 Å². The molecule has 0 aliphatic heterocycles. The van der Waals surface area contributed by atoms with Crippen molar-refractivity contribution in [3.8, 4) is 0 Å². The molecule has 0 saturated carbocycles. The molecule has 6 heteroatoms. The average Bonchev–Trinajstić information content (AvgIpc) is 2.44. The Labute approximate surface area is 129 Å². The molecular formula is C15H21ClN2O3. The summed E-state index contributed by atoms with van der Waals surface area (Å²) in [6.07, 6.45) is 0. The lowest BCUT2D eigenvalue weighted by Crippen LogP contribution is -2.52. The molecule has 1 aromatic carbocycles. The van der Waals surface area contributed by atoms with Gasteiger partial charge in [-0.3, -0.25) is 9.59 Å². The lowest BCUT2D eigenvalue weighted by molar-refractivity contribution is -0.124. The second kappa shape index (κ2) is 8.00. The molecule has 0 saturated heterocycles. The molecule has 1 rings (SSSR count). The Kier molecular flexibility index (Phi) is 6.65. The summed E-state index contributed by atoms with van der Waals surface area (Å²) in [4.78, 5) is 24.3. The summed E-state index contributed by atoms with van der Waals surface area (Å²) in [5, 5.41) is 14.9. The molecule has 2 amide bonds. The molecule has 0 bridgehead atoms. The molecular weight excluding hydrogens is 292 g/mol. The highest BCUT2D eigenvalue weighted by Crippen LogP contribution is 2.10. The lowest BCUT2D eigenvalue weighted by atomic mass is 10.0. The van der Waals surface area contributed by atoms with Crippen LogP contribution >= 0.6 is 11.6 Å². The number of benzene rings is 1. The molecule has 0 aromatic heterocycles. The topological polar surface area (TPSA) is 78.4 Å². The van der Waals surface area contributed by atoms with Crippen LogP contribution in [-0.4, -0.2) is 35.6 Å². The van der Waals surface area contributed by atoms with Gasteiger partial charge in [0.1, 0.15) is 6.04 Å². The van der Waals surface area contributed by atoms with Gasteiger partial charge in [0.15, 0.2) is 0 Å². The van der Waals surface area contributed by atoms with Gasteiger partial charge in [0.25, 0.3) is 5.91 Å². The average molecular weight is 313 g/mol. The van der Waals surface area contributed by atoms with Crippen LogP contribution in [0.3, 0.4) is 0 Å². The first-order valence-corrected chi connectivity index (χ1v) is 7.20. The standard InChI is InChI=1S/C15H21ClN2O3/c1-9(2)13(15(21)17-10(3)8-19)18-14(20)11-4-6-12(16)7-5-11/h4-7,9-10,13,19H,8H2,1-3H3,(H,17,21)(H,18,20). The predicted molar refractivity (Wildman–Crippen MR) is 82.2 cm³/mol. The van der Waals surface area contributed by atoms with Crippen LogP contribution < -0.4 is 10.6 Å². The van der Waals surface area contributed by atoms with E-state index in [9.17, 15) is 9.59 Å². The fraction of sp³-hybridized carbons (Fsp3) is 0.467. The van der Waals surface area contributed by atoms with Crippen LogP contribution in [0.5, 0.6) is 0 Å². The van der Waals surface area contributed by atoms with Crippen molar-refractivity contribution >= 4 is 23.4 Å². The van der Waals surface area contributed by atoms with E-state index in [0.29, 0.717) is 10.6 Å². The molecule has 5 nitrogen and oxygen atoms in total. The quantitative estimate of drug-likeness (QED) is 0.746. The third-order valence-corrected chi connectivity index (χ3v) is 3.26. The summed E-state index contributed by atoms with van der Waals surface area (Å²) < 4.78 is 0. The summed E-state index contributed by atoms with van der Waals surface area (Å²) in [6.45, 7) is 5.23. The zero-order chi connectivity index (χ0) is 16.0. The fourth-order valence-corrected chi connectivity index (χ4v) is 1.87. The van der Waals surface area contributed by atoms with Gasteiger partial charge in [-0.2, -0.15) is 0 Å². The third kappa shape index (κ3) is 5.36. The Morgan fingerprint density at radius 2 is 1.71 bits per heavy atom. The van der Waals surface area contributed by atoms with E-state index in [-0.39, 0.29) is 30.4 Å². The van der Waals surface area contributed by atoms with Crippen molar-refractivity contribution in [3.05, 3.63) is 34.9 Å². The summed E-state index contributed by atoms with van der Waals surface area (Å²) in [6, 6.07) is 5.42. The van der Waals surface area contributed by atoms with Crippen molar-refractivity contribution in [2.24, 2.45) is 5.92 Å². The van der Waals surface area contributed by atoms with E-state index in [1.165, 1.54) is 0 Å². The Morgan fingerprint density at radius 1 is 1.14 bits per heavy atom. The normalized spacial score (nSPS) is 13.6. The highest BCUT2D eigenvalue weighted by Gasteiger charge is 2.25. The van der Waals surface area contributed by atoms with Gasteiger partial charge in [0, 0.05) is 16.6 Å². The third-order valence-electron chi connectivity index (χ3n) is 3.00. The zero-order valence-corrected chi connectivity index (χ0v) is 13.1. The highest BCUT2D eigenvalue weighted by molar-refractivity contribution is 6.30. The van der Waals surface area contributed by atoms with Crippen molar-refractivity contribution in [1.82, 2.24) is 10.6 Å². The number of aliphatic hydroxyl groups excluding tert-OH is 1. The van der Waals surface area contributed by atoms with E-state index < -0.39 is 6.04 Å². The van der Waals surface area contributed by atoms with Crippen LogP contribution in [0.15, 0.2) is 24.3 Å².